The van der Waals surface area contributed by atoms with E-state index in [1.165, 1.54) is 24.8 Å². The van der Waals surface area contributed by atoms with E-state index in [0.29, 0.717) is 5.92 Å². The van der Waals surface area contributed by atoms with E-state index < -0.39 is 0 Å². The van der Waals surface area contributed by atoms with Crippen molar-refractivity contribution in [1.82, 2.24) is 0 Å². The molecule has 0 aromatic heterocycles. The predicted molar refractivity (Wildman–Crippen MR) is 60.5 cm³/mol. The van der Waals surface area contributed by atoms with Crippen LogP contribution in [0.3, 0.4) is 0 Å². The molecule has 76 valence electrons. The van der Waals surface area contributed by atoms with Crippen LogP contribution in [0.4, 0.5) is 0 Å². The summed E-state index contributed by atoms with van der Waals surface area (Å²) < 4.78 is 0. The van der Waals surface area contributed by atoms with Crippen LogP contribution in [0.15, 0.2) is 18.2 Å². The molecule has 1 saturated carbocycles. The molecule has 2 N–H and O–H groups in total. The van der Waals surface area contributed by atoms with E-state index in [1.54, 1.807) is 0 Å². The van der Waals surface area contributed by atoms with Crippen molar-refractivity contribution in [2.45, 2.75) is 32.2 Å². The first kappa shape index (κ1) is 10.0. The lowest BCUT2D eigenvalue weighted by Crippen LogP contribution is -2.26. The van der Waals surface area contributed by atoms with Crippen LogP contribution in [0.5, 0.6) is 0 Å². The SMILES string of the molecule is Cc1cc(C(N)C2CCC2)ccc1Cl. The maximum atomic E-state index is 6.18. The molecule has 2 heteroatoms. The molecule has 1 aromatic carbocycles. The molecular weight excluding hydrogens is 194 g/mol. The van der Waals surface area contributed by atoms with Gasteiger partial charge in [-0.25, -0.2) is 0 Å². The highest BCUT2D eigenvalue weighted by molar-refractivity contribution is 6.31. The number of halogens is 1. The third-order valence-electron chi connectivity index (χ3n) is 3.22. The van der Waals surface area contributed by atoms with Gasteiger partial charge in [-0.2, -0.15) is 0 Å². The maximum absolute atomic E-state index is 6.18. The molecule has 1 fully saturated rings. The first-order valence-electron chi connectivity index (χ1n) is 5.20. The Kier molecular flexibility index (Phi) is 2.80. The fourth-order valence-corrected chi connectivity index (χ4v) is 2.06. The number of hydrogen-bond donors (Lipinski definition) is 1. The smallest absolute Gasteiger partial charge is 0.0435 e. The summed E-state index contributed by atoms with van der Waals surface area (Å²) in [5.41, 5.74) is 8.53. The molecule has 1 unspecified atom stereocenters. The minimum absolute atomic E-state index is 0.208. The Morgan fingerprint density at radius 3 is 2.64 bits per heavy atom. The van der Waals surface area contributed by atoms with Crippen molar-refractivity contribution in [2.24, 2.45) is 11.7 Å². The van der Waals surface area contributed by atoms with Gasteiger partial charge in [-0.05, 0) is 42.9 Å². The molecule has 0 aliphatic heterocycles. The van der Waals surface area contributed by atoms with E-state index in [9.17, 15) is 0 Å². The number of rotatable bonds is 2. The molecule has 0 heterocycles. The van der Waals surface area contributed by atoms with Gasteiger partial charge in [0.2, 0.25) is 0 Å². The Morgan fingerprint density at radius 1 is 1.43 bits per heavy atom. The van der Waals surface area contributed by atoms with Gasteiger partial charge in [0.1, 0.15) is 0 Å². The summed E-state index contributed by atoms with van der Waals surface area (Å²) in [5, 5.41) is 0.828. The Morgan fingerprint density at radius 2 is 2.14 bits per heavy atom. The highest BCUT2D eigenvalue weighted by Crippen LogP contribution is 2.36. The fourth-order valence-electron chi connectivity index (χ4n) is 1.95. The summed E-state index contributed by atoms with van der Waals surface area (Å²) in [7, 11) is 0. The largest absolute Gasteiger partial charge is 0.324 e. The molecule has 0 radical (unpaired) electrons. The molecule has 0 amide bonds. The van der Waals surface area contributed by atoms with E-state index in [4.69, 9.17) is 17.3 Å². The van der Waals surface area contributed by atoms with Crippen LogP contribution in [0, 0.1) is 12.8 Å². The number of hydrogen-bond acceptors (Lipinski definition) is 1. The summed E-state index contributed by atoms with van der Waals surface area (Å²) in [4.78, 5) is 0. The van der Waals surface area contributed by atoms with E-state index >= 15 is 0 Å². The lowest BCUT2D eigenvalue weighted by molar-refractivity contribution is 0.264. The third kappa shape index (κ3) is 1.79. The van der Waals surface area contributed by atoms with Gasteiger partial charge in [-0.15, -0.1) is 0 Å². The first-order chi connectivity index (χ1) is 6.68. The van der Waals surface area contributed by atoms with Crippen LogP contribution >= 0.6 is 11.6 Å². The van der Waals surface area contributed by atoms with Crippen molar-refractivity contribution in [3.8, 4) is 0 Å². The monoisotopic (exact) mass is 209 g/mol. The van der Waals surface area contributed by atoms with Gasteiger partial charge < -0.3 is 5.73 Å². The molecule has 0 spiro atoms. The Labute approximate surface area is 90.3 Å². The average Bonchev–Trinajstić information content (AvgIpc) is 2.06. The number of aryl methyl sites for hydroxylation is 1. The summed E-state index contributed by atoms with van der Waals surface area (Å²) >= 11 is 5.97. The van der Waals surface area contributed by atoms with E-state index in [2.05, 4.69) is 12.1 Å². The van der Waals surface area contributed by atoms with Gasteiger partial charge in [0, 0.05) is 11.1 Å². The molecule has 0 bridgehead atoms. The molecule has 1 aliphatic rings. The van der Waals surface area contributed by atoms with Crippen molar-refractivity contribution in [1.29, 1.82) is 0 Å². The summed E-state index contributed by atoms with van der Waals surface area (Å²) in [6.45, 7) is 2.03. The zero-order valence-corrected chi connectivity index (χ0v) is 9.22. The van der Waals surface area contributed by atoms with Gasteiger partial charge in [0.15, 0.2) is 0 Å². The first-order valence-corrected chi connectivity index (χ1v) is 5.58. The zero-order chi connectivity index (χ0) is 10.1. The minimum Gasteiger partial charge on any atom is -0.324 e. The van der Waals surface area contributed by atoms with E-state index in [1.807, 2.05) is 13.0 Å². The Bertz CT molecular complexity index is 331. The number of benzene rings is 1. The maximum Gasteiger partial charge on any atom is 0.0435 e. The predicted octanol–water partition coefficient (Wildman–Crippen LogP) is 3.45. The third-order valence-corrected chi connectivity index (χ3v) is 3.65. The van der Waals surface area contributed by atoms with E-state index in [0.717, 1.165) is 10.6 Å². The molecular formula is C12H16ClN. The van der Waals surface area contributed by atoms with E-state index in [-0.39, 0.29) is 6.04 Å². The molecule has 1 nitrogen and oxygen atoms in total. The molecule has 1 aromatic rings. The van der Waals surface area contributed by atoms with Crippen LogP contribution in [0.25, 0.3) is 0 Å². The van der Waals surface area contributed by atoms with Crippen LogP contribution in [-0.2, 0) is 0 Å². The summed E-state index contributed by atoms with van der Waals surface area (Å²) in [5.74, 6) is 0.690. The van der Waals surface area contributed by atoms with Gasteiger partial charge in [0.05, 0.1) is 0 Å². The average molecular weight is 210 g/mol. The minimum atomic E-state index is 0.208. The van der Waals surface area contributed by atoms with Crippen molar-refractivity contribution in [2.75, 3.05) is 0 Å². The van der Waals surface area contributed by atoms with Gasteiger partial charge >= 0.3 is 0 Å². The van der Waals surface area contributed by atoms with Gasteiger partial charge in [0.25, 0.3) is 0 Å². The highest BCUT2D eigenvalue weighted by atomic mass is 35.5. The second-order valence-corrected chi connectivity index (χ2v) is 4.63. The lowest BCUT2D eigenvalue weighted by atomic mass is 9.77. The molecule has 1 aliphatic carbocycles. The lowest BCUT2D eigenvalue weighted by Gasteiger charge is -2.31. The Hall–Kier alpha value is -0.530. The van der Waals surface area contributed by atoms with Crippen LogP contribution < -0.4 is 5.73 Å². The normalized spacial score (nSPS) is 19.1. The summed E-state index contributed by atoms with van der Waals surface area (Å²) in [6, 6.07) is 6.33. The molecule has 0 saturated heterocycles. The van der Waals surface area contributed by atoms with Crippen molar-refractivity contribution >= 4 is 11.6 Å². The van der Waals surface area contributed by atoms with Crippen LogP contribution in [0.1, 0.15) is 36.4 Å². The van der Waals surface area contributed by atoms with Crippen LogP contribution in [-0.4, -0.2) is 0 Å². The zero-order valence-electron chi connectivity index (χ0n) is 8.46. The standard InChI is InChI=1S/C12H16ClN/c1-8-7-10(5-6-11(8)13)12(14)9-3-2-4-9/h5-7,9,12H,2-4,14H2,1H3. The molecule has 14 heavy (non-hydrogen) atoms. The second-order valence-electron chi connectivity index (χ2n) is 4.23. The van der Waals surface area contributed by atoms with Gasteiger partial charge in [-0.3, -0.25) is 0 Å². The number of nitrogens with two attached hydrogens (primary N) is 1. The summed E-state index contributed by atoms with van der Waals surface area (Å²) in [6.07, 6.45) is 3.90. The van der Waals surface area contributed by atoms with Gasteiger partial charge in [-0.1, -0.05) is 30.2 Å². The van der Waals surface area contributed by atoms with Crippen molar-refractivity contribution in [3.05, 3.63) is 34.3 Å². The second kappa shape index (κ2) is 3.92. The quantitative estimate of drug-likeness (QED) is 0.794. The topological polar surface area (TPSA) is 26.0 Å². The molecule has 1 atom stereocenters. The Balaban J connectivity index is 2.18. The van der Waals surface area contributed by atoms with Crippen LogP contribution in [0.2, 0.25) is 5.02 Å². The fraction of sp³-hybridized carbons (Fsp3) is 0.500. The van der Waals surface area contributed by atoms with Crippen molar-refractivity contribution in [3.63, 3.8) is 0 Å². The highest BCUT2D eigenvalue weighted by Gasteiger charge is 2.25. The molecule has 2 rings (SSSR count). The van der Waals surface area contributed by atoms with Crippen molar-refractivity contribution < 1.29 is 0 Å².